The van der Waals surface area contributed by atoms with Crippen LogP contribution in [-0.2, 0) is 23.1 Å². The third-order valence-electron chi connectivity index (χ3n) is 2.76. The minimum atomic E-state index is -3.57. The van der Waals surface area contributed by atoms with Gasteiger partial charge in [-0.2, -0.15) is 0 Å². The van der Waals surface area contributed by atoms with Crippen LogP contribution in [0.2, 0.25) is 0 Å². The number of hydrogen-bond donors (Lipinski definition) is 2. The number of rotatable bonds is 7. The normalized spacial score (nSPS) is 11.7. The van der Waals surface area contributed by atoms with E-state index < -0.39 is 10.0 Å². The summed E-state index contributed by atoms with van der Waals surface area (Å²) in [5.41, 5.74) is 1.28. The lowest BCUT2D eigenvalue weighted by Gasteiger charge is -2.11. The molecule has 0 amide bonds. The zero-order valence-electron chi connectivity index (χ0n) is 11.2. The van der Waals surface area contributed by atoms with Crippen molar-refractivity contribution in [3.8, 4) is 0 Å². The second-order valence-electron chi connectivity index (χ2n) is 4.20. The molecule has 0 aliphatic carbocycles. The van der Waals surface area contributed by atoms with E-state index in [2.05, 4.69) is 19.7 Å². The van der Waals surface area contributed by atoms with Crippen molar-refractivity contribution < 1.29 is 12.9 Å². The summed E-state index contributed by atoms with van der Waals surface area (Å²) >= 11 is 0. The summed E-state index contributed by atoms with van der Waals surface area (Å²) in [7, 11) is -3.57. The van der Waals surface area contributed by atoms with Gasteiger partial charge in [0.1, 0.15) is 6.26 Å². The van der Waals surface area contributed by atoms with Gasteiger partial charge in [0.2, 0.25) is 10.0 Å². The Morgan fingerprint density at radius 1 is 1.20 bits per heavy atom. The molecule has 0 saturated carbocycles. The van der Waals surface area contributed by atoms with Crippen molar-refractivity contribution >= 4 is 10.0 Å². The molecule has 0 aliphatic heterocycles. The predicted molar refractivity (Wildman–Crippen MR) is 74.4 cm³/mol. The highest BCUT2D eigenvalue weighted by atomic mass is 32.2. The maximum absolute atomic E-state index is 12.3. The summed E-state index contributed by atoms with van der Waals surface area (Å²) < 4.78 is 31.8. The molecule has 0 fully saturated rings. The van der Waals surface area contributed by atoms with Crippen LogP contribution in [0.25, 0.3) is 0 Å². The van der Waals surface area contributed by atoms with Gasteiger partial charge in [-0.15, -0.1) is 0 Å². The van der Waals surface area contributed by atoms with Crippen LogP contribution in [0.5, 0.6) is 0 Å². The maximum Gasteiger partial charge on any atom is 0.241 e. The van der Waals surface area contributed by atoms with E-state index in [1.165, 1.54) is 6.26 Å². The van der Waals surface area contributed by atoms with E-state index in [1.54, 1.807) is 24.3 Å². The summed E-state index contributed by atoms with van der Waals surface area (Å²) in [6.45, 7) is 3.37. The molecule has 2 rings (SSSR count). The fourth-order valence-electron chi connectivity index (χ4n) is 1.75. The lowest BCUT2D eigenvalue weighted by atomic mass is 10.2. The average Bonchev–Trinajstić information content (AvgIpc) is 2.97. The van der Waals surface area contributed by atoms with Gasteiger partial charge in [0.15, 0.2) is 0 Å². The molecule has 0 unspecified atom stereocenters. The number of hydrogen-bond acceptors (Lipinski definition) is 5. The second kappa shape index (κ2) is 6.65. The molecule has 1 heterocycles. The number of nitrogens with zero attached hydrogens (tertiary/aromatic N) is 1. The molecule has 108 valence electrons. The first kappa shape index (κ1) is 14.7. The molecule has 0 bridgehead atoms. The monoisotopic (exact) mass is 295 g/mol. The molecule has 0 radical (unpaired) electrons. The highest BCUT2D eigenvalue weighted by molar-refractivity contribution is 7.89. The lowest BCUT2D eigenvalue weighted by molar-refractivity contribution is 0.411. The summed E-state index contributed by atoms with van der Waals surface area (Å²) in [4.78, 5) is 0.282. The van der Waals surface area contributed by atoms with Crippen molar-refractivity contribution in [1.82, 2.24) is 15.2 Å². The number of nitrogens with one attached hydrogen (secondary N) is 2. The average molecular weight is 295 g/mol. The van der Waals surface area contributed by atoms with Gasteiger partial charge in [-0.1, -0.05) is 30.3 Å². The maximum atomic E-state index is 12.3. The van der Waals surface area contributed by atoms with Crippen LogP contribution in [0, 0.1) is 0 Å². The summed E-state index contributed by atoms with van der Waals surface area (Å²) in [5.74, 6) is 0. The Labute approximate surface area is 118 Å². The summed E-state index contributed by atoms with van der Waals surface area (Å²) in [5, 5.41) is 6.80. The van der Waals surface area contributed by atoms with Crippen LogP contribution >= 0.6 is 0 Å². The van der Waals surface area contributed by atoms with Crippen molar-refractivity contribution in [2.24, 2.45) is 0 Å². The van der Waals surface area contributed by atoms with Gasteiger partial charge >= 0.3 is 0 Å². The number of benzene rings is 1. The van der Waals surface area contributed by atoms with E-state index in [0.29, 0.717) is 12.2 Å². The van der Waals surface area contributed by atoms with Crippen LogP contribution in [0.1, 0.15) is 18.2 Å². The van der Waals surface area contributed by atoms with Crippen molar-refractivity contribution in [1.29, 1.82) is 0 Å². The first-order valence-corrected chi connectivity index (χ1v) is 7.79. The fraction of sp³-hybridized carbons (Fsp3) is 0.308. The quantitative estimate of drug-likeness (QED) is 0.803. The molecule has 2 aromatic rings. The fourth-order valence-corrected chi connectivity index (χ4v) is 2.98. The molecule has 1 aromatic heterocycles. The molecule has 1 aromatic carbocycles. The van der Waals surface area contributed by atoms with Crippen molar-refractivity contribution in [2.45, 2.75) is 24.9 Å². The van der Waals surface area contributed by atoms with E-state index in [1.807, 2.05) is 13.0 Å². The summed E-state index contributed by atoms with van der Waals surface area (Å²) in [6.07, 6.45) is 1.41. The lowest BCUT2D eigenvalue weighted by Crippen LogP contribution is -2.25. The largest absolute Gasteiger partial charge is 0.364 e. The van der Waals surface area contributed by atoms with Gasteiger partial charge in [0.05, 0.1) is 17.1 Å². The Kier molecular flexibility index (Phi) is 4.89. The standard InChI is InChI=1S/C13H17N3O3S/c1-2-14-9-11-5-3-4-6-13(11)20(17,18)15-10-12-7-8-19-16-12/h3-8,14-15H,2,9-10H2,1H3. The first-order valence-electron chi connectivity index (χ1n) is 6.31. The molecule has 20 heavy (non-hydrogen) atoms. The highest BCUT2D eigenvalue weighted by Gasteiger charge is 2.17. The molecule has 7 heteroatoms. The van der Waals surface area contributed by atoms with Crippen molar-refractivity contribution in [2.75, 3.05) is 6.54 Å². The molecule has 0 saturated heterocycles. The van der Waals surface area contributed by atoms with Gasteiger partial charge in [0.25, 0.3) is 0 Å². The Hall–Kier alpha value is -1.70. The molecule has 0 spiro atoms. The third kappa shape index (κ3) is 3.66. The van der Waals surface area contributed by atoms with Crippen LogP contribution in [-0.4, -0.2) is 20.1 Å². The molecule has 0 atom stereocenters. The third-order valence-corrected chi connectivity index (χ3v) is 4.26. The van der Waals surface area contributed by atoms with E-state index >= 15 is 0 Å². The van der Waals surface area contributed by atoms with Gasteiger partial charge in [0, 0.05) is 12.6 Å². The number of aromatic nitrogens is 1. The van der Waals surface area contributed by atoms with Gasteiger partial charge in [-0.05, 0) is 18.2 Å². The highest BCUT2D eigenvalue weighted by Crippen LogP contribution is 2.15. The van der Waals surface area contributed by atoms with Crippen molar-refractivity contribution in [3.63, 3.8) is 0 Å². The minimum absolute atomic E-state index is 0.106. The van der Waals surface area contributed by atoms with Crippen LogP contribution in [0.4, 0.5) is 0 Å². The van der Waals surface area contributed by atoms with E-state index in [0.717, 1.165) is 12.1 Å². The Balaban J connectivity index is 2.16. The topological polar surface area (TPSA) is 84.2 Å². The van der Waals surface area contributed by atoms with E-state index in [-0.39, 0.29) is 11.4 Å². The van der Waals surface area contributed by atoms with E-state index in [9.17, 15) is 8.42 Å². The first-order chi connectivity index (χ1) is 9.63. The smallest absolute Gasteiger partial charge is 0.241 e. The van der Waals surface area contributed by atoms with Crippen LogP contribution < -0.4 is 10.0 Å². The van der Waals surface area contributed by atoms with E-state index in [4.69, 9.17) is 0 Å². The van der Waals surface area contributed by atoms with Gasteiger partial charge in [-0.25, -0.2) is 13.1 Å². The zero-order chi connectivity index (χ0) is 14.4. The van der Waals surface area contributed by atoms with Crippen LogP contribution in [0.15, 0.2) is 46.0 Å². The second-order valence-corrected chi connectivity index (χ2v) is 5.94. The zero-order valence-corrected chi connectivity index (χ0v) is 12.0. The van der Waals surface area contributed by atoms with Gasteiger partial charge < -0.3 is 9.84 Å². The molecule has 2 N–H and O–H groups in total. The van der Waals surface area contributed by atoms with Gasteiger partial charge in [-0.3, -0.25) is 0 Å². The van der Waals surface area contributed by atoms with Crippen LogP contribution in [0.3, 0.4) is 0 Å². The molecule has 0 aliphatic rings. The molecule has 6 nitrogen and oxygen atoms in total. The molecular weight excluding hydrogens is 278 g/mol. The SMILES string of the molecule is CCNCc1ccccc1S(=O)(=O)NCc1ccon1. The number of sulfonamides is 1. The Morgan fingerprint density at radius 2 is 2.00 bits per heavy atom. The molecular formula is C13H17N3O3S. The predicted octanol–water partition coefficient (Wildman–Crippen LogP) is 1.26. The Morgan fingerprint density at radius 3 is 2.70 bits per heavy atom. The summed E-state index contributed by atoms with van der Waals surface area (Å²) in [6, 6.07) is 8.54. The van der Waals surface area contributed by atoms with Crippen molar-refractivity contribution in [3.05, 3.63) is 47.9 Å². The minimum Gasteiger partial charge on any atom is -0.364 e. The Bertz CT molecular complexity index is 639.